The SMILES string of the molecule is CCc1nc2c(Cl)cccn2c1C(=O)NCc1ccc(N2CCC(c3ccc(Cl)cc3)CC2)cc1. The second-order valence-electron chi connectivity index (χ2n) is 8.97. The van der Waals surface area contributed by atoms with Crippen LogP contribution >= 0.6 is 23.2 Å². The Labute approximate surface area is 215 Å². The molecular formula is C28H28Cl2N4O. The Hall–Kier alpha value is -3.02. The van der Waals surface area contributed by atoms with Crippen molar-refractivity contribution in [3.63, 3.8) is 0 Å². The molecule has 1 aliphatic heterocycles. The van der Waals surface area contributed by atoms with Crippen molar-refractivity contribution in [2.75, 3.05) is 18.0 Å². The molecular weight excluding hydrogens is 479 g/mol. The number of nitrogens with zero attached hydrogens (tertiary/aromatic N) is 3. The second-order valence-corrected chi connectivity index (χ2v) is 9.82. The number of imidazole rings is 1. The number of fused-ring (bicyclic) bond motifs is 1. The number of rotatable bonds is 6. The van der Waals surface area contributed by atoms with E-state index in [9.17, 15) is 4.79 Å². The van der Waals surface area contributed by atoms with Gasteiger partial charge in [-0.1, -0.05) is 54.4 Å². The number of carbonyl (C=O) groups is 1. The molecule has 1 N–H and O–H groups in total. The number of amides is 1. The number of carbonyl (C=O) groups excluding carboxylic acids is 1. The van der Waals surface area contributed by atoms with Crippen molar-refractivity contribution in [1.29, 1.82) is 0 Å². The predicted molar refractivity (Wildman–Crippen MR) is 143 cm³/mol. The van der Waals surface area contributed by atoms with Crippen molar-refractivity contribution < 1.29 is 4.79 Å². The molecule has 0 atom stereocenters. The van der Waals surface area contributed by atoms with E-state index in [1.54, 1.807) is 10.5 Å². The van der Waals surface area contributed by atoms with Crippen molar-refractivity contribution in [3.05, 3.63) is 99.4 Å². The van der Waals surface area contributed by atoms with E-state index in [0.717, 1.165) is 42.2 Å². The summed E-state index contributed by atoms with van der Waals surface area (Å²) in [4.78, 5) is 20.0. The zero-order valence-corrected chi connectivity index (χ0v) is 21.2. The van der Waals surface area contributed by atoms with Gasteiger partial charge in [0.1, 0.15) is 5.69 Å². The summed E-state index contributed by atoms with van der Waals surface area (Å²) in [6.07, 6.45) is 4.74. The van der Waals surface area contributed by atoms with Crippen LogP contribution in [-0.4, -0.2) is 28.4 Å². The molecule has 0 radical (unpaired) electrons. The highest BCUT2D eigenvalue weighted by Crippen LogP contribution is 2.31. The maximum Gasteiger partial charge on any atom is 0.270 e. The van der Waals surface area contributed by atoms with E-state index in [2.05, 4.69) is 51.6 Å². The molecule has 7 heteroatoms. The number of aromatic nitrogens is 2. The number of pyridine rings is 1. The first-order valence-electron chi connectivity index (χ1n) is 12.1. The molecule has 0 aliphatic carbocycles. The molecule has 1 fully saturated rings. The summed E-state index contributed by atoms with van der Waals surface area (Å²) in [6.45, 7) is 4.50. The van der Waals surface area contributed by atoms with Gasteiger partial charge in [0, 0.05) is 36.5 Å². The van der Waals surface area contributed by atoms with Gasteiger partial charge in [0.25, 0.3) is 5.91 Å². The third kappa shape index (κ3) is 5.02. The molecule has 3 heterocycles. The normalized spacial score (nSPS) is 14.4. The molecule has 180 valence electrons. The Kier molecular flexibility index (Phi) is 6.98. The number of hydrogen-bond donors (Lipinski definition) is 1. The highest BCUT2D eigenvalue weighted by Gasteiger charge is 2.21. The minimum atomic E-state index is -0.148. The molecule has 5 rings (SSSR count). The smallest absolute Gasteiger partial charge is 0.270 e. The minimum Gasteiger partial charge on any atom is -0.371 e. The highest BCUT2D eigenvalue weighted by molar-refractivity contribution is 6.33. The number of anilines is 1. The molecule has 1 saturated heterocycles. The molecule has 1 aliphatic rings. The molecule has 4 aromatic rings. The average molecular weight is 507 g/mol. The number of halogens is 2. The lowest BCUT2D eigenvalue weighted by Crippen LogP contribution is -2.32. The van der Waals surface area contributed by atoms with Gasteiger partial charge in [-0.3, -0.25) is 9.20 Å². The van der Waals surface area contributed by atoms with Crippen molar-refractivity contribution >= 4 is 40.4 Å². The van der Waals surface area contributed by atoms with Crippen LogP contribution in [0.3, 0.4) is 0 Å². The molecule has 0 spiro atoms. The molecule has 2 aromatic carbocycles. The number of hydrogen-bond acceptors (Lipinski definition) is 3. The predicted octanol–water partition coefficient (Wildman–Crippen LogP) is 6.52. The third-order valence-corrected chi connectivity index (χ3v) is 7.36. The van der Waals surface area contributed by atoms with E-state index >= 15 is 0 Å². The maximum atomic E-state index is 13.0. The van der Waals surface area contributed by atoms with Gasteiger partial charge in [-0.2, -0.15) is 0 Å². The largest absolute Gasteiger partial charge is 0.371 e. The fourth-order valence-electron chi connectivity index (χ4n) is 4.86. The lowest BCUT2D eigenvalue weighted by Gasteiger charge is -2.34. The first kappa shape index (κ1) is 23.7. The molecule has 35 heavy (non-hydrogen) atoms. The highest BCUT2D eigenvalue weighted by atomic mass is 35.5. The van der Waals surface area contributed by atoms with Gasteiger partial charge >= 0.3 is 0 Å². The van der Waals surface area contributed by atoms with Gasteiger partial charge in [0.15, 0.2) is 5.65 Å². The van der Waals surface area contributed by atoms with Gasteiger partial charge in [-0.25, -0.2) is 4.98 Å². The van der Waals surface area contributed by atoms with Crippen LogP contribution in [0.25, 0.3) is 5.65 Å². The maximum absolute atomic E-state index is 13.0. The van der Waals surface area contributed by atoms with Crippen LogP contribution in [0.5, 0.6) is 0 Å². The second kappa shape index (κ2) is 10.3. The first-order chi connectivity index (χ1) is 17.0. The lowest BCUT2D eigenvalue weighted by molar-refractivity contribution is 0.0944. The van der Waals surface area contributed by atoms with E-state index in [1.165, 1.54) is 11.3 Å². The van der Waals surface area contributed by atoms with Gasteiger partial charge in [-0.05, 0) is 72.7 Å². The topological polar surface area (TPSA) is 49.6 Å². The van der Waals surface area contributed by atoms with E-state index in [4.69, 9.17) is 23.2 Å². The minimum absolute atomic E-state index is 0.148. The summed E-state index contributed by atoms with van der Waals surface area (Å²) in [5.41, 5.74) is 5.56. The van der Waals surface area contributed by atoms with Crippen molar-refractivity contribution in [2.45, 2.75) is 38.6 Å². The molecule has 2 aromatic heterocycles. The summed E-state index contributed by atoms with van der Waals surface area (Å²) in [6, 6.07) is 20.3. The molecule has 0 bridgehead atoms. The quantitative estimate of drug-likeness (QED) is 0.323. The summed E-state index contributed by atoms with van der Waals surface area (Å²) in [5.74, 6) is 0.436. The van der Waals surface area contributed by atoms with Gasteiger partial charge in [0.05, 0.1) is 10.7 Å². The Bertz CT molecular complexity index is 1320. The fourth-order valence-corrected chi connectivity index (χ4v) is 5.20. The van der Waals surface area contributed by atoms with Crippen LogP contribution < -0.4 is 10.2 Å². The van der Waals surface area contributed by atoms with Gasteiger partial charge in [0.2, 0.25) is 0 Å². The number of aryl methyl sites for hydroxylation is 1. The Morgan fingerprint density at radius 3 is 2.43 bits per heavy atom. The van der Waals surface area contributed by atoms with E-state index in [0.29, 0.717) is 35.2 Å². The molecule has 1 amide bonds. The van der Waals surface area contributed by atoms with Crippen LogP contribution in [0, 0.1) is 0 Å². The van der Waals surface area contributed by atoms with E-state index < -0.39 is 0 Å². The Morgan fingerprint density at radius 1 is 1.03 bits per heavy atom. The van der Waals surface area contributed by atoms with Crippen LogP contribution in [-0.2, 0) is 13.0 Å². The first-order valence-corrected chi connectivity index (χ1v) is 12.8. The molecule has 0 saturated carbocycles. The Balaban J connectivity index is 1.20. The third-order valence-electron chi connectivity index (χ3n) is 6.82. The number of piperidine rings is 1. The molecule has 5 nitrogen and oxygen atoms in total. The molecule has 0 unspecified atom stereocenters. The van der Waals surface area contributed by atoms with Crippen LogP contribution in [0.2, 0.25) is 10.0 Å². The van der Waals surface area contributed by atoms with Crippen molar-refractivity contribution in [2.24, 2.45) is 0 Å². The van der Waals surface area contributed by atoms with Gasteiger partial charge < -0.3 is 10.2 Å². The summed E-state index contributed by atoms with van der Waals surface area (Å²) >= 11 is 12.3. The monoisotopic (exact) mass is 506 g/mol. The number of nitrogens with one attached hydrogen (secondary N) is 1. The zero-order valence-electron chi connectivity index (χ0n) is 19.7. The standard InChI is InChI=1S/C28H28Cl2N4O/c1-2-25-26(34-15-3-4-24(30)27(34)32-25)28(35)31-18-19-5-11-23(12-6-19)33-16-13-21(14-17-33)20-7-9-22(29)10-8-20/h3-12,15,21H,2,13-14,16-18H2,1H3,(H,31,35). The summed E-state index contributed by atoms with van der Waals surface area (Å²) in [5, 5.41) is 4.37. The van der Waals surface area contributed by atoms with Crippen LogP contribution in [0.4, 0.5) is 5.69 Å². The van der Waals surface area contributed by atoms with Crippen molar-refractivity contribution in [1.82, 2.24) is 14.7 Å². The van der Waals surface area contributed by atoms with Crippen LogP contribution in [0.1, 0.15) is 53.0 Å². The average Bonchev–Trinajstić information content (AvgIpc) is 3.28. The van der Waals surface area contributed by atoms with Crippen molar-refractivity contribution in [3.8, 4) is 0 Å². The fraction of sp³-hybridized carbons (Fsp3) is 0.286. The zero-order chi connectivity index (χ0) is 24.4. The summed E-state index contributed by atoms with van der Waals surface area (Å²) in [7, 11) is 0. The lowest BCUT2D eigenvalue weighted by atomic mass is 9.89. The number of benzene rings is 2. The van der Waals surface area contributed by atoms with E-state index in [1.807, 2.05) is 31.3 Å². The van der Waals surface area contributed by atoms with Gasteiger partial charge in [-0.15, -0.1) is 0 Å². The van der Waals surface area contributed by atoms with Crippen LogP contribution in [0.15, 0.2) is 66.9 Å². The Morgan fingerprint density at radius 2 is 1.74 bits per heavy atom. The summed E-state index contributed by atoms with van der Waals surface area (Å²) < 4.78 is 1.77. The van der Waals surface area contributed by atoms with E-state index in [-0.39, 0.29) is 5.91 Å².